The Bertz CT molecular complexity index is 522. The van der Waals surface area contributed by atoms with Gasteiger partial charge in [0, 0.05) is 24.7 Å². The average molecular weight is 266 g/mol. The molecule has 0 radical (unpaired) electrons. The van der Waals surface area contributed by atoms with E-state index in [0.717, 1.165) is 20.1 Å². The van der Waals surface area contributed by atoms with Crippen molar-refractivity contribution in [3.05, 3.63) is 23.8 Å². The van der Waals surface area contributed by atoms with Crippen molar-refractivity contribution in [3.63, 3.8) is 0 Å². The Kier molecular flexibility index (Phi) is 3.54. The van der Waals surface area contributed by atoms with E-state index >= 15 is 0 Å². The van der Waals surface area contributed by atoms with Crippen LogP contribution in [0, 0.1) is 6.92 Å². The summed E-state index contributed by atoms with van der Waals surface area (Å²) < 4.78 is 0.908. The summed E-state index contributed by atoms with van der Waals surface area (Å²) in [6.07, 6.45) is 0. The zero-order valence-electron chi connectivity index (χ0n) is 9.97. The lowest BCUT2D eigenvalue weighted by Gasteiger charge is -2.04. The van der Waals surface area contributed by atoms with Crippen LogP contribution in [0.1, 0.15) is 5.56 Å². The minimum Gasteiger partial charge on any atom is -0.398 e. The Morgan fingerprint density at radius 1 is 1.29 bits per heavy atom. The first-order chi connectivity index (χ1) is 8.06. The van der Waals surface area contributed by atoms with Crippen molar-refractivity contribution in [1.82, 2.24) is 10.2 Å². The van der Waals surface area contributed by atoms with E-state index in [-0.39, 0.29) is 0 Å². The normalized spacial score (nSPS) is 10.5. The number of nitrogen functional groups attached to an aromatic ring is 1. The number of anilines is 2. The molecule has 1 heterocycles. The van der Waals surface area contributed by atoms with E-state index in [1.807, 2.05) is 31.1 Å². The van der Waals surface area contributed by atoms with Crippen molar-refractivity contribution in [3.8, 4) is 0 Å². The summed E-state index contributed by atoms with van der Waals surface area (Å²) in [5.41, 5.74) is 7.90. The first kappa shape index (κ1) is 12.2. The first-order valence-electron chi connectivity index (χ1n) is 5.11. The third-order valence-corrected chi connectivity index (χ3v) is 4.36. The summed E-state index contributed by atoms with van der Waals surface area (Å²) in [5, 5.41) is 9.14. The van der Waals surface area contributed by atoms with Gasteiger partial charge in [-0.15, -0.1) is 10.2 Å². The monoisotopic (exact) mass is 266 g/mol. The number of benzene rings is 1. The SMILES string of the molecule is Cc1ccc(N)c(Sc2nnc(N(C)C)s2)c1. The van der Waals surface area contributed by atoms with Crippen LogP contribution in [0.3, 0.4) is 0 Å². The number of rotatable bonds is 3. The van der Waals surface area contributed by atoms with Crippen molar-refractivity contribution >= 4 is 33.9 Å². The highest BCUT2D eigenvalue weighted by atomic mass is 32.2. The highest BCUT2D eigenvalue weighted by Gasteiger charge is 2.09. The number of nitrogens with zero attached hydrogens (tertiary/aromatic N) is 3. The second kappa shape index (κ2) is 4.93. The molecule has 0 unspecified atom stereocenters. The Labute approximate surface area is 109 Å². The molecule has 1 aromatic heterocycles. The lowest BCUT2D eigenvalue weighted by atomic mass is 10.2. The van der Waals surface area contributed by atoms with Gasteiger partial charge in [-0.1, -0.05) is 29.2 Å². The van der Waals surface area contributed by atoms with Crippen LogP contribution in [-0.2, 0) is 0 Å². The highest BCUT2D eigenvalue weighted by Crippen LogP contribution is 2.35. The minimum atomic E-state index is 0.780. The molecule has 0 atom stereocenters. The number of hydrogen-bond donors (Lipinski definition) is 1. The van der Waals surface area contributed by atoms with Gasteiger partial charge < -0.3 is 10.6 Å². The van der Waals surface area contributed by atoms with E-state index in [4.69, 9.17) is 5.73 Å². The molecule has 2 N–H and O–H groups in total. The predicted molar refractivity (Wildman–Crippen MR) is 74.0 cm³/mol. The Balaban J connectivity index is 2.22. The summed E-state index contributed by atoms with van der Waals surface area (Å²) in [4.78, 5) is 2.98. The second-order valence-electron chi connectivity index (χ2n) is 3.89. The molecule has 1 aromatic carbocycles. The number of aryl methyl sites for hydroxylation is 1. The van der Waals surface area contributed by atoms with Crippen LogP contribution >= 0.6 is 23.1 Å². The Morgan fingerprint density at radius 3 is 2.71 bits per heavy atom. The average Bonchev–Trinajstić information content (AvgIpc) is 2.72. The highest BCUT2D eigenvalue weighted by molar-refractivity contribution is 8.01. The molecule has 0 spiro atoms. The molecule has 0 saturated carbocycles. The third kappa shape index (κ3) is 2.89. The first-order valence-corrected chi connectivity index (χ1v) is 6.74. The van der Waals surface area contributed by atoms with Crippen LogP contribution in [-0.4, -0.2) is 24.3 Å². The van der Waals surface area contributed by atoms with Crippen molar-refractivity contribution in [2.45, 2.75) is 16.2 Å². The summed E-state index contributed by atoms with van der Waals surface area (Å²) in [5.74, 6) is 0. The molecule has 0 amide bonds. The van der Waals surface area contributed by atoms with E-state index in [1.165, 1.54) is 5.56 Å². The summed E-state index contributed by atoms with van der Waals surface area (Å²) in [7, 11) is 3.91. The molecule has 4 nitrogen and oxygen atoms in total. The van der Waals surface area contributed by atoms with Crippen molar-refractivity contribution in [2.75, 3.05) is 24.7 Å². The molecule has 0 aliphatic rings. The van der Waals surface area contributed by atoms with E-state index in [0.29, 0.717) is 0 Å². The topological polar surface area (TPSA) is 55.0 Å². The molecule has 6 heteroatoms. The van der Waals surface area contributed by atoms with Gasteiger partial charge in [-0.2, -0.15) is 0 Å². The molecular weight excluding hydrogens is 252 g/mol. The van der Waals surface area contributed by atoms with Crippen LogP contribution in [0.4, 0.5) is 10.8 Å². The van der Waals surface area contributed by atoms with Crippen molar-refractivity contribution in [1.29, 1.82) is 0 Å². The van der Waals surface area contributed by atoms with E-state index in [1.54, 1.807) is 23.1 Å². The molecule has 0 fully saturated rings. The largest absolute Gasteiger partial charge is 0.398 e. The van der Waals surface area contributed by atoms with Gasteiger partial charge >= 0.3 is 0 Å². The molecule has 2 rings (SSSR count). The molecule has 17 heavy (non-hydrogen) atoms. The summed E-state index contributed by atoms with van der Waals surface area (Å²) in [6, 6.07) is 5.99. The summed E-state index contributed by atoms with van der Waals surface area (Å²) >= 11 is 3.12. The molecule has 2 aromatic rings. The Hall–Kier alpha value is -1.27. The number of aromatic nitrogens is 2. The number of nitrogens with two attached hydrogens (primary N) is 1. The number of hydrogen-bond acceptors (Lipinski definition) is 6. The van der Waals surface area contributed by atoms with Gasteiger partial charge in [0.05, 0.1) is 0 Å². The van der Waals surface area contributed by atoms with Crippen molar-refractivity contribution < 1.29 is 0 Å². The van der Waals surface area contributed by atoms with E-state index in [9.17, 15) is 0 Å². The van der Waals surface area contributed by atoms with Gasteiger partial charge in [-0.05, 0) is 24.6 Å². The van der Waals surface area contributed by atoms with Gasteiger partial charge in [-0.3, -0.25) is 0 Å². The van der Waals surface area contributed by atoms with Gasteiger partial charge in [-0.25, -0.2) is 0 Å². The molecule has 90 valence electrons. The maximum Gasteiger partial charge on any atom is 0.208 e. The van der Waals surface area contributed by atoms with Gasteiger partial charge in [0.25, 0.3) is 0 Å². The van der Waals surface area contributed by atoms with Gasteiger partial charge in [0.15, 0.2) is 4.34 Å². The molecule has 0 saturated heterocycles. The van der Waals surface area contributed by atoms with Crippen LogP contribution in [0.5, 0.6) is 0 Å². The quantitative estimate of drug-likeness (QED) is 0.866. The standard InChI is InChI=1S/C11H14N4S2/c1-7-4-5-8(12)9(6-7)16-11-14-13-10(17-11)15(2)3/h4-6H,12H2,1-3H3. The van der Waals surface area contributed by atoms with Crippen LogP contribution in [0.25, 0.3) is 0 Å². The molecule has 0 aliphatic heterocycles. The molecule has 0 bridgehead atoms. The second-order valence-corrected chi connectivity index (χ2v) is 6.13. The van der Waals surface area contributed by atoms with Crippen molar-refractivity contribution in [2.24, 2.45) is 0 Å². The van der Waals surface area contributed by atoms with Gasteiger partial charge in [0.2, 0.25) is 5.13 Å². The fraction of sp³-hybridized carbons (Fsp3) is 0.273. The molecular formula is C11H14N4S2. The van der Waals surface area contributed by atoms with E-state index in [2.05, 4.69) is 23.2 Å². The van der Waals surface area contributed by atoms with Crippen LogP contribution in [0.2, 0.25) is 0 Å². The minimum absolute atomic E-state index is 0.780. The van der Waals surface area contributed by atoms with Gasteiger partial charge in [0.1, 0.15) is 0 Å². The lowest BCUT2D eigenvalue weighted by Crippen LogP contribution is -2.07. The Morgan fingerprint density at radius 2 is 2.06 bits per heavy atom. The lowest BCUT2D eigenvalue weighted by molar-refractivity contribution is 0.973. The van der Waals surface area contributed by atoms with Crippen LogP contribution in [0.15, 0.2) is 27.4 Å². The fourth-order valence-electron chi connectivity index (χ4n) is 1.25. The zero-order valence-corrected chi connectivity index (χ0v) is 11.6. The summed E-state index contributed by atoms with van der Waals surface area (Å²) in [6.45, 7) is 2.05. The maximum absolute atomic E-state index is 5.93. The third-order valence-electron chi connectivity index (χ3n) is 2.14. The van der Waals surface area contributed by atoms with E-state index < -0.39 is 0 Å². The molecule has 0 aliphatic carbocycles. The smallest absolute Gasteiger partial charge is 0.208 e. The predicted octanol–water partition coefficient (Wildman–Crippen LogP) is 2.65. The maximum atomic E-state index is 5.93. The fourth-order valence-corrected chi connectivity index (χ4v) is 3.11. The zero-order chi connectivity index (χ0) is 12.4. The van der Waals surface area contributed by atoms with Crippen LogP contribution < -0.4 is 10.6 Å².